The first-order chi connectivity index (χ1) is 12.1. The number of amides is 1. The molecule has 0 heterocycles. The van der Waals surface area contributed by atoms with E-state index in [4.69, 9.17) is 0 Å². The second-order valence-corrected chi connectivity index (χ2v) is 10.6. The molecule has 0 saturated heterocycles. The van der Waals surface area contributed by atoms with Crippen LogP contribution in [0.25, 0.3) is 0 Å². The van der Waals surface area contributed by atoms with E-state index in [0.29, 0.717) is 5.92 Å². The first kappa shape index (κ1) is 20.7. The SMILES string of the molecule is CC(=O)Nc1cccc(NC[C@H]2CC[C@H](NS(=O)(=O)C(C)(C)C)CC2)c1. The number of carbonyl (C=O) groups excluding carboxylic acids is 1. The summed E-state index contributed by atoms with van der Waals surface area (Å²) in [6.45, 7) is 7.51. The molecule has 0 atom stereocenters. The van der Waals surface area contributed by atoms with Crippen LogP contribution >= 0.6 is 0 Å². The number of rotatable bonds is 6. The predicted molar refractivity (Wildman–Crippen MR) is 107 cm³/mol. The number of sulfonamides is 1. The Kier molecular flexibility index (Phi) is 6.69. The first-order valence-electron chi connectivity index (χ1n) is 9.20. The van der Waals surface area contributed by atoms with Crippen LogP contribution in [0.2, 0.25) is 0 Å². The van der Waals surface area contributed by atoms with Crippen LogP contribution in [0.3, 0.4) is 0 Å². The lowest BCUT2D eigenvalue weighted by Gasteiger charge is -2.31. The van der Waals surface area contributed by atoms with Gasteiger partial charge in [-0.1, -0.05) is 6.07 Å². The van der Waals surface area contributed by atoms with Gasteiger partial charge in [0.1, 0.15) is 0 Å². The van der Waals surface area contributed by atoms with Gasteiger partial charge in [0.2, 0.25) is 15.9 Å². The lowest BCUT2D eigenvalue weighted by molar-refractivity contribution is -0.114. The maximum absolute atomic E-state index is 12.3. The molecule has 2 rings (SSSR count). The smallest absolute Gasteiger partial charge is 0.221 e. The van der Waals surface area contributed by atoms with E-state index in [9.17, 15) is 13.2 Å². The largest absolute Gasteiger partial charge is 0.385 e. The van der Waals surface area contributed by atoms with E-state index in [2.05, 4.69) is 15.4 Å². The molecule has 6 nitrogen and oxygen atoms in total. The second-order valence-electron chi connectivity index (χ2n) is 8.09. The molecule has 0 aromatic heterocycles. The third kappa shape index (κ3) is 5.99. The van der Waals surface area contributed by atoms with E-state index in [1.807, 2.05) is 24.3 Å². The molecule has 7 heteroatoms. The van der Waals surface area contributed by atoms with Crippen molar-refractivity contribution in [3.8, 4) is 0 Å². The van der Waals surface area contributed by atoms with Crippen LogP contribution in [0.4, 0.5) is 11.4 Å². The molecule has 1 aromatic rings. The Labute approximate surface area is 157 Å². The van der Waals surface area contributed by atoms with E-state index >= 15 is 0 Å². The van der Waals surface area contributed by atoms with Crippen LogP contribution in [-0.4, -0.2) is 31.7 Å². The molecule has 1 saturated carbocycles. The van der Waals surface area contributed by atoms with Gasteiger partial charge in [0.25, 0.3) is 0 Å². The Morgan fingerprint density at radius 2 is 1.73 bits per heavy atom. The van der Waals surface area contributed by atoms with E-state index in [-0.39, 0.29) is 11.9 Å². The summed E-state index contributed by atoms with van der Waals surface area (Å²) in [6, 6.07) is 7.71. The van der Waals surface area contributed by atoms with Gasteiger partial charge >= 0.3 is 0 Å². The van der Waals surface area contributed by atoms with Crippen molar-refractivity contribution in [2.24, 2.45) is 5.92 Å². The molecular formula is C19H31N3O3S. The molecule has 0 bridgehead atoms. The van der Waals surface area contributed by atoms with Crippen molar-refractivity contribution in [3.05, 3.63) is 24.3 Å². The van der Waals surface area contributed by atoms with Crippen LogP contribution in [0.15, 0.2) is 24.3 Å². The molecule has 1 amide bonds. The van der Waals surface area contributed by atoms with E-state index in [1.165, 1.54) is 6.92 Å². The van der Waals surface area contributed by atoms with Crippen molar-refractivity contribution < 1.29 is 13.2 Å². The molecular weight excluding hydrogens is 350 g/mol. The fraction of sp³-hybridized carbons (Fsp3) is 0.632. The third-order valence-electron chi connectivity index (χ3n) is 4.75. The topological polar surface area (TPSA) is 87.3 Å². The highest BCUT2D eigenvalue weighted by Gasteiger charge is 2.32. The Morgan fingerprint density at radius 3 is 2.31 bits per heavy atom. The van der Waals surface area contributed by atoms with E-state index in [1.54, 1.807) is 20.8 Å². The summed E-state index contributed by atoms with van der Waals surface area (Å²) < 4.78 is 26.6. The van der Waals surface area contributed by atoms with Crippen molar-refractivity contribution in [1.29, 1.82) is 0 Å². The number of hydrogen-bond acceptors (Lipinski definition) is 4. The van der Waals surface area contributed by atoms with Crippen molar-refractivity contribution in [3.63, 3.8) is 0 Å². The van der Waals surface area contributed by atoms with Gasteiger partial charge in [0.15, 0.2) is 0 Å². The molecule has 0 aliphatic heterocycles. The van der Waals surface area contributed by atoms with Crippen LogP contribution in [0, 0.1) is 5.92 Å². The molecule has 0 unspecified atom stereocenters. The summed E-state index contributed by atoms with van der Waals surface area (Å²) in [6.07, 6.45) is 3.73. The summed E-state index contributed by atoms with van der Waals surface area (Å²) >= 11 is 0. The van der Waals surface area contributed by atoms with Crippen molar-refractivity contribution in [2.75, 3.05) is 17.2 Å². The van der Waals surface area contributed by atoms with Gasteiger partial charge in [0, 0.05) is 30.9 Å². The average molecular weight is 382 g/mol. The lowest BCUT2D eigenvalue weighted by atomic mass is 9.86. The van der Waals surface area contributed by atoms with Gasteiger partial charge in [-0.2, -0.15) is 0 Å². The fourth-order valence-electron chi connectivity index (χ4n) is 3.05. The maximum atomic E-state index is 12.3. The minimum atomic E-state index is -3.28. The second kappa shape index (κ2) is 8.39. The van der Waals surface area contributed by atoms with Gasteiger partial charge in [-0.25, -0.2) is 13.1 Å². The molecule has 1 aliphatic carbocycles. The van der Waals surface area contributed by atoms with Gasteiger partial charge < -0.3 is 10.6 Å². The Balaban J connectivity index is 1.80. The molecule has 146 valence electrons. The predicted octanol–water partition coefficient (Wildman–Crippen LogP) is 3.33. The summed E-state index contributed by atoms with van der Waals surface area (Å²) in [4.78, 5) is 11.1. The number of nitrogens with one attached hydrogen (secondary N) is 3. The molecule has 26 heavy (non-hydrogen) atoms. The number of carbonyl (C=O) groups is 1. The first-order valence-corrected chi connectivity index (χ1v) is 10.7. The molecule has 0 radical (unpaired) electrons. The Bertz CT molecular complexity index is 718. The van der Waals surface area contributed by atoms with E-state index in [0.717, 1.165) is 43.6 Å². The fourth-order valence-corrected chi connectivity index (χ4v) is 4.08. The van der Waals surface area contributed by atoms with Gasteiger partial charge in [-0.15, -0.1) is 0 Å². The normalized spacial score (nSPS) is 21.2. The minimum Gasteiger partial charge on any atom is -0.385 e. The van der Waals surface area contributed by atoms with Crippen LogP contribution in [0.1, 0.15) is 53.4 Å². The molecule has 1 fully saturated rings. The molecule has 1 aromatic carbocycles. The zero-order valence-corrected chi connectivity index (χ0v) is 16.9. The highest BCUT2D eigenvalue weighted by atomic mass is 32.2. The van der Waals surface area contributed by atoms with Crippen LogP contribution < -0.4 is 15.4 Å². The quantitative estimate of drug-likeness (QED) is 0.705. The summed E-state index contributed by atoms with van der Waals surface area (Å²) in [5.41, 5.74) is 1.76. The van der Waals surface area contributed by atoms with Crippen LogP contribution in [-0.2, 0) is 14.8 Å². The maximum Gasteiger partial charge on any atom is 0.221 e. The Morgan fingerprint density at radius 1 is 1.12 bits per heavy atom. The van der Waals surface area contributed by atoms with Crippen molar-refractivity contribution in [2.45, 2.75) is 64.2 Å². The zero-order chi connectivity index (χ0) is 19.4. The Hall–Kier alpha value is -1.60. The van der Waals surface area contributed by atoms with Crippen molar-refractivity contribution in [1.82, 2.24) is 4.72 Å². The summed E-state index contributed by atoms with van der Waals surface area (Å²) in [5.74, 6) is 0.438. The van der Waals surface area contributed by atoms with Crippen LogP contribution in [0.5, 0.6) is 0 Å². The average Bonchev–Trinajstić information content (AvgIpc) is 2.52. The number of benzene rings is 1. The highest BCUT2D eigenvalue weighted by Crippen LogP contribution is 2.27. The molecule has 1 aliphatic rings. The van der Waals surface area contributed by atoms with E-state index < -0.39 is 14.8 Å². The highest BCUT2D eigenvalue weighted by molar-refractivity contribution is 7.90. The summed E-state index contributed by atoms with van der Waals surface area (Å²) in [5, 5.41) is 6.20. The van der Waals surface area contributed by atoms with Gasteiger partial charge in [0.05, 0.1) is 4.75 Å². The standard InChI is InChI=1S/C19H31N3O3S/c1-14(23)21-18-7-5-6-17(12-18)20-13-15-8-10-16(11-9-15)22-26(24,25)19(2,3)4/h5-7,12,15-16,20,22H,8-11,13H2,1-4H3,(H,21,23)/t15-,16-. The lowest BCUT2D eigenvalue weighted by Crippen LogP contribution is -2.46. The molecule has 0 spiro atoms. The molecule has 3 N–H and O–H groups in total. The zero-order valence-electron chi connectivity index (χ0n) is 16.1. The van der Waals surface area contributed by atoms with Gasteiger partial charge in [-0.3, -0.25) is 4.79 Å². The number of hydrogen-bond donors (Lipinski definition) is 3. The monoisotopic (exact) mass is 381 g/mol. The minimum absolute atomic E-state index is 0.0403. The summed E-state index contributed by atoms with van der Waals surface area (Å²) in [7, 11) is -3.28. The number of anilines is 2. The van der Waals surface area contributed by atoms with Crippen molar-refractivity contribution >= 4 is 27.3 Å². The third-order valence-corrected chi connectivity index (χ3v) is 7.01. The van der Waals surface area contributed by atoms with Gasteiger partial charge in [-0.05, 0) is 70.6 Å².